The number of nitrogens with zero attached hydrogens (tertiary/aromatic N) is 4. The van der Waals surface area contributed by atoms with E-state index in [2.05, 4.69) is 10.3 Å². The zero-order chi connectivity index (χ0) is 15.0. The minimum absolute atomic E-state index is 0.0401. The Labute approximate surface area is 123 Å². The van der Waals surface area contributed by atoms with E-state index in [-0.39, 0.29) is 17.9 Å². The van der Waals surface area contributed by atoms with Crippen molar-refractivity contribution in [2.45, 2.75) is 25.4 Å². The third-order valence-electron chi connectivity index (χ3n) is 4.33. The van der Waals surface area contributed by atoms with E-state index >= 15 is 0 Å². The molecule has 0 radical (unpaired) electrons. The largest absolute Gasteiger partial charge is 0.393 e. The summed E-state index contributed by atoms with van der Waals surface area (Å²) in [6.45, 7) is 0.596. The third-order valence-corrected chi connectivity index (χ3v) is 4.33. The number of benzene rings is 1. The average molecular weight is 288 g/mol. The van der Waals surface area contributed by atoms with Gasteiger partial charge in [-0.05, 0) is 31.0 Å². The summed E-state index contributed by atoms with van der Waals surface area (Å²) in [6.07, 6.45) is 2.60. The number of hydrogen-bond acceptors (Lipinski definition) is 4. The van der Waals surface area contributed by atoms with Crippen LogP contribution >= 0.6 is 0 Å². The van der Waals surface area contributed by atoms with E-state index in [0.717, 1.165) is 30.3 Å². The standard InChI is InChI=1S/C15H20N4O2/c1-18(9-11-4-3-5-14(11)20)15(21)10-6-7-13-12(8-10)16-17-19(13)2/h6-8,11,14,20H,3-5,9H2,1-2H3. The Bertz CT molecular complexity index is 667. The van der Waals surface area contributed by atoms with E-state index in [4.69, 9.17) is 0 Å². The van der Waals surface area contributed by atoms with Crippen LogP contribution in [0.2, 0.25) is 0 Å². The predicted molar refractivity (Wildman–Crippen MR) is 78.8 cm³/mol. The number of aliphatic hydroxyl groups is 1. The second-order valence-electron chi connectivity index (χ2n) is 5.86. The lowest BCUT2D eigenvalue weighted by Gasteiger charge is -2.23. The fourth-order valence-electron chi connectivity index (χ4n) is 3.06. The molecule has 2 aromatic rings. The Kier molecular flexibility index (Phi) is 3.63. The molecule has 0 aliphatic heterocycles. The van der Waals surface area contributed by atoms with Crippen LogP contribution < -0.4 is 0 Å². The van der Waals surface area contributed by atoms with Crippen LogP contribution in [0.15, 0.2) is 18.2 Å². The van der Waals surface area contributed by atoms with Crippen LogP contribution in [0.25, 0.3) is 11.0 Å². The number of aliphatic hydroxyl groups excluding tert-OH is 1. The highest BCUT2D eigenvalue weighted by Crippen LogP contribution is 2.26. The number of carbonyl (C=O) groups excluding carboxylic acids is 1. The number of hydrogen-bond donors (Lipinski definition) is 1. The molecule has 0 spiro atoms. The van der Waals surface area contributed by atoms with Crippen LogP contribution in [0.5, 0.6) is 0 Å². The number of rotatable bonds is 3. The molecule has 2 atom stereocenters. The number of fused-ring (bicyclic) bond motifs is 1. The zero-order valence-electron chi connectivity index (χ0n) is 12.4. The SMILES string of the molecule is CN(CC1CCCC1O)C(=O)c1ccc2c(c1)nnn2C. The first-order chi connectivity index (χ1) is 10.1. The molecule has 1 heterocycles. The van der Waals surface area contributed by atoms with E-state index in [9.17, 15) is 9.90 Å². The van der Waals surface area contributed by atoms with Gasteiger partial charge >= 0.3 is 0 Å². The smallest absolute Gasteiger partial charge is 0.253 e. The average Bonchev–Trinajstić information content (AvgIpc) is 3.05. The van der Waals surface area contributed by atoms with E-state index in [1.165, 1.54) is 0 Å². The Morgan fingerprint density at radius 2 is 2.29 bits per heavy atom. The molecule has 1 N–H and O–H groups in total. The molecule has 1 saturated carbocycles. The van der Waals surface area contributed by atoms with Crippen molar-refractivity contribution in [3.63, 3.8) is 0 Å². The lowest BCUT2D eigenvalue weighted by Crippen LogP contribution is -2.34. The Morgan fingerprint density at radius 1 is 1.48 bits per heavy atom. The van der Waals surface area contributed by atoms with Crippen molar-refractivity contribution in [3.8, 4) is 0 Å². The van der Waals surface area contributed by atoms with Gasteiger partial charge in [-0.25, -0.2) is 4.68 Å². The summed E-state index contributed by atoms with van der Waals surface area (Å²) in [5, 5.41) is 17.9. The maximum absolute atomic E-state index is 12.5. The molecule has 1 fully saturated rings. The molecule has 6 nitrogen and oxygen atoms in total. The van der Waals surface area contributed by atoms with Gasteiger partial charge in [0.15, 0.2) is 0 Å². The first kappa shape index (κ1) is 14.0. The first-order valence-corrected chi connectivity index (χ1v) is 7.29. The van der Waals surface area contributed by atoms with Gasteiger partial charge in [0.1, 0.15) is 5.52 Å². The summed E-state index contributed by atoms with van der Waals surface area (Å²) in [5.41, 5.74) is 2.23. The predicted octanol–water partition coefficient (Wildman–Crippen LogP) is 1.20. The topological polar surface area (TPSA) is 71.2 Å². The first-order valence-electron chi connectivity index (χ1n) is 7.29. The van der Waals surface area contributed by atoms with Crippen molar-refractivity contribution in [1.29, 1.82) is 0 Å². The van der Waals surface area contributed by atoms with Gasteiger partial charge in [0.2, 0.25) is 0 Å². The van der Waals surface area contributed by atoms with Crippen LogP contribution in [0.1, 0.15) is 29.6 Å². The minimum Gasteiger partial charge on any atom is -0.393 e. The molecule has 2 unspecified atom stereocenters. The van der Waals surface area contributed by atoms with Gasteiger partial charge in [0.25, 0.3) is 5.91 Å². The minimum atomic E-state index is -0.275. The molecule has 0 bridgehead atoms. The lowest BCUT2D eigenvalue weighted by atomic mass is 10.1. The molecule has 1 aliphatic rings. The van der Waals surface area contributed by atoms with Crippen molar-refractivity contribution in [1.82, 2.24) is 19.9 Å². The molecular formula is C15H20N4O2. The van der Waals surface area contributed by atoms with Crippen molar-refractivity contribution < 1.29 is 9.90 Å². The molecule has 1 amide bonds. The molecule has 112 valence electrons. The van der Waals surface area contributed by atoms with Gasteiger partial charge in [-0.1, -0.05) is 11.6 Å². The lowest BCUT2D eigenvalue weighted by molar-refractivity contribution is 0.0693. The highest BCUT2D eigenvalue weighted by molar-refractivity contribution is 5.97. The molecule has 3 rings (SSSR count). The van der Waals surface area contributed by atoms with Crippen LogP contribution in [0.3, 0.4) is 0 Å². The normalized spacial score (nSPS) is 21.9. The van der Waals surface area contributed by atoms with Gasteiger partial charge in [-0.3, -0.25) is 4.79 Å². The second-order valence-corrected chi connectivity index (χ2v) is 5.86. The zero-order valence-corrected chi connectivity index (χ0v) is 12.4. The summed E-state index contributed by atoms with van der Waals surface area (Å²) >= 11 is 0. The summed E-state index contributed by atoms with van der Waals surface area (Å²) in [4.78, 5) is 14.2. The fourth-order valence-corrected chi connectivity index (χ4v) is 3.06. The summed E-state index contributed by atoms with van der Waals surface area (Å²) in [7, 11) is 3.61. The van der Waals surface area contributed by atoms with Crippen LogP contribution in [0, 0.1) is 5.92 Å². The Hall–Kier alpha value is -1.95. The monoisotopic (exact) mass is 288 g/mol. The Morgan fingerprint density at radius 3 is 3.00 bits per heavy atom. The van der Waals surface area contributed by atoms with E-state index in [1.54, 1.807) is 28.8 Å². The van der Waals surface area contributed by atoms with Crippen LogP contribution in [0.4, 0.5) is 0 Å². The highest BCUT2D eigenvalue weighted by Gasteiger charge is 2.27. The molecule has 0 saturated heterocycles. The maximum Gasteiger partial charge on any atom is 0.253 e. The van der Waals surface area contributed by atoms with Gasteiger partial charge < -0.3 is 10.0 Å². The summed E-state index contributed by atoms with van der Waals surface area (Å²) in [5.74, 6) is 0.154. The summed E-state index contributed by atoms with van der Waals surface area (Å²) < 4.78 is 1.68. The molecule has 1 aromatic carbocycles. The molecule has 1 aromatic heterocycles. The molecular weight excluding hydrogens is 268 g/mol. The van der Waals surface area contributed by atoms with Crippen molar-refractivity contribution in [3.05, 3.63) is 23.8 Å². The molecule has 21 heavy (non-hydrogen) atoms. The molecule has 6 heteroatoms. The quantitative estimate of drug-likeness (QED) is 0.921. The van der Waals surface area contributed by atoms with E-state index in [1.807, 2.05) is 13.1 Å². The second kappa shape index (κ2) is 5.44. The van der Waals surface area contributed by atoms with Crippen molar-refractivity contribution in [2.75, 3.05) is 13.6 Å². The van der Waals surface area contributed by atoms with Gasteiger partial charge in [0.05, 0.1) is 11.6 Å². The molecule has 1 aliphatic carbocycles. The fraction of sp³-hybridized carbons (Fsp3) is 0.533. The van der Waals surface area contributed by atoms with Crippen molar-refractivity contribution in [2.24, 2.45) is 13.0 Å². The van der Waals surface area contributed by atoms with Crippen LogP contribution in [-0.4, -0.2) is 50.6 Å². The van der Waals surface area contributed by atoms with E-state index < -0.39 is 0 Å². The van der Waals surface area contributed by atoms with Crippen molar-refractivity contribution >= 4 is 16.9 Å². The van der Waals surface area contributed by atoms with E-state index in [0.29, 0.717) is 12.1 Å². The number of carbonyl (C=O) groups is 1. The van der Waals surface area contributed by atoms with Gasteiger partial charge in [0, 0.05) is 32.1 Å². The number of aromatic nitrogens is 3. The summed E-state index contributed by atoms with van der Waals surface area (Å²) in [6, 6.07) is 5.43. The number of amides is 1. The number of aryl methyl sites for hydroxylation is 1. The Balaban J connectivity index is 1.76. The van der Waals surface area contributed by atoms with Crippen LogP contribution in [-0.2, 0) is 7.05 Å². The van der Waals surface area contributed by atoms with Gasteiger partial charge in [-0.2, -0.15) is 0 Å². The van der Waals surface area contributed by atoms with Gasteiger partial charge in [-0.15, -0.1) is 5.10 Å². The maximum atomic E-state index is 12.5. The highest BCUT2D eigenvalue weighted by atomic mass is 16.3. The third kappa shape index (κ3) is 2.63.